The second-order valence-electron chi connectivity index (χ2n) is 4.32. The molecule has 0 aromatic heterocycles. The summed E-state index contributed by atoms with van der Waals surface area (Å²) in [5.41, 5.74) is 0.0904. The molecule has 4 heteroatoms. The maximum atomic E-state index is 13.7. The third kappa shape index (κ3) is 3.03. The SMILES string of the molecule is COc1cccc(C(=O)CNCC2CC2)c1F. The van der Waals surface area contributed by atoms with Gasteiger partial charge in [-0.15, -0.1) is 0 Å². The number of carbonyl (C=O) groups excluding carboxylic acids is 1. The molecule has 0 amide bonds. The van der Waals surface area contributed by atoms with Crippen LogP contribution in [-0.4, -0.2) is 26.0 Å². The van der Waals surface area contributed by atoms with Gasteiger partial charge in [0.1, 0.15) is 0 Å². The first-order chi connectivity index (χ1) is 8.22. The van der Waals surface area contributed by atoms with Crippen molar-refractivity contribution in [3.05, 3.63) is 29.6 Å². The zero-order valence-corrected chi connectivity index (χ0v) is 9.83. The number of ether oxygens (including phenoxy) is 1. The van der Waals surface area contributed by atoms with E-state index in [2.05, 4.69) is 5.32 Å². The van der Waals surface area contributed by atoms with E-state index in [9.17, 15) is 9.18 Å². The van der Waals surface area contributed by atoms with Gasteiger partial charge in [-0.25, -0.2) is 4.39 Å². The number of benzene rings is 1. The Bertz CT molecular complexity index is 416. The molecule has 0 radical (unpaired) electrons. The summed E-state index contributed by atoms with van der Waals surface area (Å²) < 4.78 is 18.6. The summed E-state index contributed by atoms with van der Waals surface area (Å²) in [6, 6.07) is 4.61. The van der Waals surface area contributed by atoms with Crippen molar-refractivity contribution in [2.75, 3.05) is 20.2 Å². The second kappa shape index (κ2) is 5.27. The molecule has 1 aliphatic carbocycles. The number of methoxy groups -OCH3 is 1. The predicted octanol–water partition coefficient (Wildman–Crippen LogP) is 2.02. The van der Waals surface area contributed by atoms with Crippen molar-refractivity contribution in [2.45, 2.75) is 12.8 Å². The highest BCUT2D eigenvalue weighted by Crippen LogP contribution is 2.27. The van der Waals surface area contributed by atoms with E-state index in [0.29, 0.717) is 5.92 Å². The molecule has 0 unspecified atom stereocenters. The van der Waals surface area contributed by atoms with E-state index in [0.717, 1.165) is 6.54 Å². The highest BCUT2D eigenvalue weighted by Gasteiger charge is 2.21. The number of hydrogen-bond donors (Lipinski definition) is 1. The summed E-state index contributed by atoms with van der Waals surface area (Å²) in [5.74, 6) is 0.00581. The molecule has 17 heavy (non-hydrogen) atoms. The molecule has 1 aliphatic rings. The highest BCUT2D eigenvalue weighted by molar-refractivity contribution is 5.98. The Morgan fingerprint density at radius 3 is 2.94 bits per heavy atom. The summed E-state index contributed by atoms with van der Waals surface area (Å²) in [5, 5.41) is 3.05. The molecule has 0 heterocycles. The van der Waals surface area contributed by atoms with Crippen LogP contribution in [0.25, 0.3) is 0 Å². The fourth-order valence-electron chi connectivity index (χ4n) is 1.69. The van der Waals surface area contributed by atoms with E-state index < -0.39 is 5.82 Å². The van der Waals surface area contributed by atoms with Crippen LogP contribution >= 0.6 is 0 Å². The summed E-state index contributed by atoms with van der Waals surface area (Å²) >= 11 is 0. The molecule has 0 aliphatic heterocycles. The fourth-order valence-corrected chi connectivity index (χ4v) is 1.69. The van der Waals surface area contributed by atoms with Gasteiger partial charge in [0.05, 0.1) is 19.2 Å². The lowest BCUT2D eigenvalue weighted by Gasteiger charge is -2.07. The van der Waals surface area contributed by atoms with Gasteiger partial charge in [0, 0.05) is 0 Å². The maximum absolute atomic E-state index is 13.7. The van der Waals surface area contributed by atoms with Gasteiger partial charge in [-0.2, -0.15) is 0 Å². The number of hydrogen-bond acceptors (Lipinski definition) is 3. The van der Waals surface area contributed by atoms with Gasteiger partial charge in [0.15, 0.2) is 17.3 Å². The molecular weight excluding hydrogens is 221 g/mol. The molecule has 0 spiro atoms. The third-order valence-electron chi connectivity index (χ3n) is 2.90. The molecule has 1 fully saturated rings. The van der Waals surface area contributed by atoms with Crippen molar-refractivity contribution in [1.29, 1.82) is 0 Å². The van der Waals surface area contributed by atoms with Crippen molar-refractivity contribution in [1.82, 2.24) is 5.32 Å². The Morgan fingerprint density at radius 2 is 2.29 bits per heavy atom. The largest absolute Gasteiger partial charge is 0.494 e. The van der Waals surface area contributed by atoms with Gasteiger partial charge < -0.3 is 10.1 Å². The van der Waals surface area contributed by atoms with Gasteiger partial charge >= 0.3 is 0 Å². The van der Waals surface area contributed by atoms with Gasteiger partial charge in [0.25, 0.3) is 0 Å². The number of nitrogens with one attached hydrogen (secondary N) is 1. The molecule has 1 N–H and O–H groups in total. The first-order valence-electron chi connectivity index (χ1n) is 5.78. The number of carbonyl (C=O) groups is 1. The molecule has 3 nitrogen and oxygen atoms in total. The lowest BCUT2D eigenvalue weighted by molar-refractivity contribution is 0.0986. The van der Waals surface area contributed by atoms with Gasteiger partial charge in [0.2, 0.25) is 0 Å². The van der Waals surface area contributed by atoms with Crippen molar-refractivity contribution >= 4 is 5.78 Å². The van der Waals surface area contributed by atoms with E-state index in [1.54, 1.807) is 6.07 Å². The Morgan fingerprint density at radius 1 is 1.53 bits per heavy atom. The van der Waals surface area contributed by atoms with Crippen LogP contribution in [0.3, 0.4) is 0 Å². The van der Waals surface area contributed by atoms with Crippen molar-refractivity contribution in [2.24, 2.45) is 5.92 Å². The molecule has 1 aromatic carbocycles. The Balaban J connectivity index is 1.97. The maximum Gasteiger partial charge on any atom is 0.179 e. The van der Waals surface area contributed by atoms with Crippen LogP contribution < -0.4 is 10.1 Å². The highest BCUT2D eigenvalue weighted by atomic mass is 19.1. The summed E-state index contributed by atoms with van der Waals surface area (Å²) in [6.07, 6.45) is 2.46. The number of halogens is 1. The minimum absolute atomic E-state index is 0.0904. The predicted molar refractivity (Wildman–Crippen MR) is 62.9 cm³/mol. The van der Waals surface area contributed by atoms with Crippen LogP contribution in [-0.2, 0) is 0 Å². The zero-order chi connectivity index (χ0) is 12.3. The standard InChI is InChI=1S/C13H16FNO2/c1-17-12-4-2-3-10(13(12)14)11(16)8-15-7-9-5-6-9/h2-4,9,15H,5-8H2,1H3. The van der Waals surface area contributed by atoms with Crippen molar-refractivity contribution in [3.8, 4) is 5.75 Å². The first-order valence-corrected chi connectivity index (χ1v) is 5.78. The van der Waals surface area contributed by atoms with Crippen LogP contribution in [0.5, 0.6) is 5.75 Å². The molecular formula is C13H16FNO2. The van der Waals surface area contributed by atoms with Crippen LogP contribution in [0.2, 0.25) is 0 Å². The van der Waals surface area contributed by atoms with Crippen LogP contribution in [0.4, 0.5) is 4.39 Å². The van der Waals surface area contributed by atoms with Crippen LogP contribution in [0.15, 0.2) is 18.2 Å². The molecule has 0 saturated heterocycles. The lowest BCUT2D eigenvalue weighted by Crippen LogP contribution is -2.25. The van der Waals surface area contributed by atoms with Gasteiger partial charge in [-0.1, -0.05) is 6.07 Å². The smallest absolute Gasteiger partial charge is 0.179 e. The minimum Gasteiger partial charge on any atom is -0.494 e. The van der Waals surface area contributed by atoms with E-state index >= 15 is 0 Å². The van der Waals surface area contributed by atoms with Gasteiger partial charge in [-0.05, 0) is 37.4 Å². The Kier molecular flexibility index (Phi) is 3.74. The second-order valence-corrected chi connectivity index (χ2v) is 4.32. The number of rotatable bonds is 6. The molecule has 0 atom stereocenters. The van der Waals surface area contributed by atoms with E-state index in [4.69, 9.17) is 4.74 Å². The molecule has 2 rings (SSSR count). The normalized spacial score (nSPS) is 14.7. The summed E-state index contributed by atoms with van der Waals surface area (Å²) in [4.78, 5) is 11.8. The van der Waals surface area contributed by atoms with E-state index in [-0.39, 0.29) is 23.6 Å². The van der Waals surface area contributed by atoms with Crippen LogP contribution in [0, 0.1) is 11.7 Å². The fraction of sp³-hybridized carbons (Fsp3) is 0.462. The third-order valence-corrected chi connectivity index (χ3v) is 2.90. The Hall–Kier alpha value is -1.42. The minimum atomic E-state index is -0.576. The van der Waals surface area contributed by atoms with E-state index in [1.807, 2.05) is 0 Å². The molecule has 92 valence electrons. The average molecular weight is 237 g/mol. The monoisotopic (exact) mass is 237 g/mol. The van der Waals surface area contributed by atoms with Crippen molar-refractivity contribution in [3.63, 3.8) is 0 Å². The zero-order valence-electron chi connectivity index (χ0n) is 9.83. The molecule has 0 bridgehead atoms. The Labute approximate surface area is 100.0 Å². The summed E-state index contributed by atoms with van der Waals surface area (Å²) in [7, 11) is 1.39. The topological polar surface area (TPSA) is 38.3 Å². The van der Waals surface area contributed by atoms with E-state index in [1.165, 1.54) is 32.1 Å². The lowest BCUT2D eigenvalue weighted by atomic mass is 10.1. The summed E-state index contributed by atoms with van der Waals surface area (Å²) in [6.45, 7) is 1.03. The van der Waals surface area contributed by atoms with Crippen LogP contribution in [0.1, 0.15) is 23.2 Å². The van der Waals surface area contributed by atoms with Crippen molar-refractivity contribution < 1.29 is 13.9 Å². The number of ketones is 1. The molecule has 1 aromatic rings. The quantitative estimate of drug-likeness (QED) is 0.769. The number of Topliss-reactive ketones (excluding diaryl/α,β-unsaturated/α-hetero) is 1. The molecule has 1 saturated carbocycles. The van der Waals surface area contributed by atoms with Gasteiger partial charge in [-0.3, -0.25) is 4.79 Å². The average Bonchev–Trinajstić information content (AvgIpc) is 3.13. The first kappa shape index (κ1) is 12.0.